The maximum atomic E-state index is 11.9. The van der Waals surface area contributed by atoms with Crippen LogP contribution in [0.1, 0.15) is 26.3 Å². The number of carbonyl (C=O) groups is 1. The van der Waals surface area contributed by atoms with E-state index in [0.717, 1.165) is 5.56 Å². The predicted molar refractivity (Wildman–Crippen MR) is 79.6 cm³/mol. The van der Waals surface area contributed by atoms with Crippen LogP contribution < -0.4 is 10.6 Å². The van der Waals surface area contributed by atoms with Crippen LogP contribution in [0.5, 0.6) is 0 Å². The number of carbonyl (C=O) groups excluding carboxylic acids is 1. The van der Waals surface area contributed by atoms with Gasteiger partial charge in [0.05, 0.1) is 12.2 Å². The molecule has 0 spiro atoms. The number of amides is 2. The number of methoxy groups -OCH3 is 1. The molecule has 112 valence electrons. The van der Waals surface area contributed by atoms with E-state index in [2.05, 4.69) is 10.6 Å². The number of hydrogen-bond acceptors (Lipinski definition) is 3. The Labute approximate surface area is 120 Å². The first kappa shape index (κ1) is 16.5. The molecule has 0 saturated carbocycles. The highest BCUT2D eigenvalue weighted by Crippen LogP contribution is 2.17. The molecule has 1 aromatic carbocycles. The van der Waals surface area contributed by atoms with Crippen LogP contribution in [0.3, 0.4) is 0 Å². The van der Waals surface area contributed by atoms with Crippen LogP contribution in [0.2, 0.25) is 0 Å². The van der Waals surface area contributed by atoms with Gasteiger partial charge in [0.2, 0.25) is 0 Å². The minimum Gasteiger partial charge on any atom is -0.388 e. The lowest BCUT2D eigenvalue weighted by atomic mass is 9.93. The first-order valence-corrected chi connectivity index (χ1v) is 6.71. The molecule has 0 saturated heterocycles. The first-order chi connectivity index (χ1) is 9.36. The summed E-state index contributed by atoms with van der Waals surface area (Å²) in [5, 5.41) is 15.5. The summed E-state index contributed by atoms with van der Waals surface area (Å²) < 4.78 is 5.08. The van der Waals surface area contributed by atoms with Gasteiger partial charge in [-0.3, -0.25) is 0 Å². The number of hydrogen-bond donors (Lipinski definition) is 3. The zero-order chi connectivity index (χ0) is 15.2. The van der Waals surface area contributed by atoms with E-state index in [9.17, 15) is 9.90 Å². The Morgan fingerprint density at radius 1 is 1.40 bits per heavy atom. The Morgan fingerprint density at radius 3 is 2.65 bits per heavy atom. The van der Waals surface area contributed by atoms with Crippen molar-refractivity contribution in [2.45, 2.75) is 33.0 Å². The molecular formula is C15H24N2O3. The van der Waals surface area contributed by atoms with Crippen molar-refractivity contribution in [1.29, 1.82) is 0 Å². The van der Waals surface area contributed by atoms with Crippen molar-refractivity contribution in [3.05, 3.63) is 29.8 Å². The average Bonchev–Trinajstić information content (AvgIpc) is 2.39. The lowest BCUT2D eigenvalue weighted by Crippen LogP contribution is -2.45. The second kappa shape index (κ2) is 7.26. The summed E-state index contributed by atoms with van der Waals surface area (Å²) in [5.74, 6) is 0.0589. The Balaban J connectivity index is 2.59. The molecule has 0 bridgehead atoms. The van der Waals surface area contributed by atoms with Crippen molar-refractivity contribution in [3.63, 3.8) is 0 Å². The molecule has 1 atom stereocenters. The smallest absolute Gasteiger partial charge is 0.319 e. The lowest BCUT2D eigenvalue weighted by molar-refractivity contribution is 0.0170. The van der Waals surface area contributed by atoms with Crippen LogP contribution in [-0.4, -0.2) is 30.4 Å². The number of urea groups is 1. The molecule has 0 fully saturated rings. The van der Waals surface area contributed by atoms with Crippen molar-refractivity contribution in [2.24, 2.45) is 5.92 Å². The van der Waals surface area contributed by atoms with Crippen molar-refractivity contribution in [2.75, 3.05) is 19.0 Å². The second-order valence-corrected chi connectivity index (χ2v) is 5.41. The highest BCUT2D eigenvalue weighted by Gasteiger charge is 2.25. The van der Waals surface area contributed by atoms with Gasteiger partial charge in [0.15, 0.2) is 0 Å². The predicted octanol–water partition coefficient (Wildman–Crippen LogP) is 2.36. The number of ether oxygens (including phenoxy) is 1. The summed E-state index contributed by atoms with van der Waals surface area (Å²) in [6.07, 6.45) is 0. The van der Waals surface area contributed by atoms with Gasteiger partial charge in [0.25, 0.3) is 0 Å². The molecule has 0 aromatic heterocycles. The number of rotatable bonds is 6. The fourth-order valence-electron chi connectivity index (χ4n) is 1.55. The van der Waals surface area contributed by atoms with Crippen molar-refractivity contribution in [1.82, 2.24) is 5.32 Å². The fraction of sp³-hybridized carbons (Fsp3) is 0.533. The molecule has 20 heavy (non-hydrogen) atoms. The maximum Gasteiger partial charge on any atom is 0.319 e. The van der Waals surface area contributed by atoms with Crippen LogP contribution in [0, 0.1) is 5.92 Å². The van der Waals surface area contributed by atoms with Crippen molar-refractivity contribution in [3.8, 4) is 0 Å². The van der Waals surface area contributed by atoms with Gasteiger partial charge in [-0.15, -0.1) is 0 Å². The third-order valence-electron chi connectivity index (χ3n) is 3.42. The topological polar surface area (TPSA) is 70.6 Å². The van der Waals surface area contributed by atoms with Crippen LogP contribution in [0.15, 0.2) is 24.3 Å². The van der Waals surface area contributed by atoms with E-state index in [-0.39, 0.29) is 18.5 Å². The van der Waals surface area contributed by atoms with Gasteiger partial charge >= 0.3 is 6.03 Å². The zero-order valence-electron chi connectivity index (χ0n) is 12.6. The third-order valence-corrected chi connectivity index (χ3v) is 3.42. The van der Waals surface area contributed by atoms with Crippen LogP contribution in [0.4, 0.5) is 10.5 Å². The summed E-state index contributed by atoms with van der Waals surface area (Å²) in [6.45, 7) is 6.15. The summed E-state index contributed by atoms with van der Waals surface area (Å²) in [7, 11) is 1.61. The van der Waals surface area contributed by atoms with Crippen molar-refractivity contribution >= 4 is 11.7 Å². The molecule has 1 rings (SSSR count). The molecule has 0 aliphatic carbocycles. The van der Waals surface area contributed by atoms with E-state index in [1.807, 2.05) is 38.1 Å². The standard InChI is InChI=1S/C15H24N2O3/c1-11(2)15(3,19)10-16-14(18)17-13-8-6-5-7-12(13)9-20-4/h5-8,11,19H,9-10H2,1-4H3,(H2,16,17,18). The summed E-state index contributed by atoms with van der Waals surface area (Å²) in [4.78, 5) is 11.9. The van der Waals surface area contributed by atoms with E-state index in [1.54, 1.807) is 14.0 Å². The van der Waals surface area contributed by atoms with Gasteiger partial charge in [-0.1, -0.05) is 32.0 Å². The van der Waals surface area contributed by atoms with Gasteiger partial charge in [0.1, 0.15) is 0 Å². The molecule has 5 heteroatoms. The van der Waals surface area contributed by atoms with Crippen LogP contribution in [0.25, 0.3) is 0 Å². The van der Waals surface area contributed by atoms with Crippen molar-refractivity contribution < 1.29 is 14.6 Å². The Bertz CT molecular complexity index is 444. The van der Waals surface area contributed by atoms with E-state index < -0.39 is 5.60 Å². The highest BCUT2D eigenvalue weighted by atomic mass is 16.5. The minimum absolute atomic E-state index is 0.0589. The van der Waals surface area contributed by atoms with Gasteiger partial charge in [0, 0.05) is 24.9 Å². The van der Waals surface area contributed by atoms with Crippen LogP contribution in [-0.2, 0) is 11.3 Å². The molecular weight excluding hydrogens is 256 g/mol. The Kier molecular flexibility index (Phi) is 5.98. The lowest BCUT2D eigenvalue weighted by Gasteiger charge is -2.27. The first-order valence-electron chi connectivity index (χ1n) is 6.71. The van der Waals surface area contributed by atoms with E-state index in [0.29, 0.717) is 12.3 Å². The Morgan fingerprint density at radius 2 is 2.05 bits per heavy atom. The molecule has 0 heterocycles. The number of aliphatic hydroxyl groups is 1. The molecule has 5 nitrogen and oxygen atoms in total. The molecule has 3 N–H and O–H groups in total. The van der Waals surface area contributed by atoms with Gasteiger partial charge in [-0.2, -0.15) is 0 Å². The number of anilines is 1. The van der Waals surface area contributed by atoms with Gasteiger partial charge < -0.3 is 20.5 Å². The Hall–Kier alpha value is -1.59. The van der Waals surface area contributed by atoms with Crippen LogP contribution >= 0.6 is 0 Å². The highest BCUT2D eigenvalue weighted by molar-refractivity contribution is 5.90. The summed E-state index contributed by atoms with van der Waals surface area (Å²) >= 11 is 0. The number of nitrogens with one attached hydrogen (secondary N) is 2. The molecule has 0 radical (unpaired) electrons. The average molecular weight is 280 g/mol. The minimum atomic E-state index is -0.927. The third kappa shape index (κ3) is 4.83. The fourth-order valence-corrected chi connectivity index (χ4v) is 1.55. The summed E-state index contributed by atoms with van der Waals surface area (Å²) in [6, 6.07) is 7.10. The second-order valence-electron chi connectivity index (χ2n) is 5.41. The number of benzene rings is 1. The summed E-state index contributed by atoms with van der Waals surface area (Å²) in [5.41, 5.74) is 0.681. The van der Waals surface area contributed by atoms with Gasteiger partial charge in [-0.05, 0) is 18.9 Å². The quantitative estimate of drug-likeness (QED) is 0.749. The monoisotopic (exact) mass is 280 g/mol. The molecule has 2 amide bonds. The largest absolute Gasteiger partial charge is 0.388 e. The molecule has 1 aromatic rings. The van der Waals surface area contributed by atoms with E-state index in [4.69, 9.17) is 4.74 Å². The molecule has 0 aliphatic rings. The SMILES string of the molecule is COCc1ccccc1NC(=O)NCC(C)(O)C(C)C. The molecule has 1 unspecified atom stereocenters. The molecule has 0 aliphatic heterocycles. The zero-order valence-corrected chi connectivity index (χ0v) is 12.6. The van der Waals surface area contributed by atoms with E-state index in [1.165, 1.54) is 0 Å². The maximum absolute atomic E-state index is 11.9. The van der Waals surface area contributed by atoms with E-state index >= 15 is 0 Å². The number of para-hydroxylation sites is 1. The van der Waals surface area contributed by atoms with Gasteiger partial charge in [-0.25, -0.2) is 4.79 Å². The normalized spacial score (nSPS) is 13.9.